The highest BCUT2D eigenvalue weighted by atomic mass is 15.0. The smallest absolute Gasteiger partial charge is 0.246 e. The maximum absolute atomic E-state index is 3.12. The van der Waals surface area contributed by atoms with E-state index in [2.05, 4.69) is 61.6 Å². The lowest BCUT2D eigenvalue weighted by molar-refractivity contribution is -0.595. The minimum absolute atomic E-state index is 0.533. The molecule has 0 saturated carbocycles. The van der Waals surface area contributed by atoms with Gasteiger partial charge in [0.25, 0.3) is 0 Å². The van der Waals surface area contributed by atoms with Gasteiger partial charge in [-0.2, -0.15) is 0 Å². The van der Waals surface area contributed by atoms with Gasteiger partial charge in [-0.1, -0.05) is 45.9 Å². The summed E-state index contributed by atoms with van der Waals surface area (Å²) in [7, 11) is 0. The number of aromatic amines is 1. The van der Waals surface area contributed by atoms with Crippen LogP contribution in [0, 0.1) is 0 Å². The molecule has 0 aliphatic rings. The summed E-state index contributed by atoms with van der Waals surface area (Å²) < 4.78 is 2.19. The van der Waals surface area contributed by atoms with Gasteiger partial charge in [-0.25, -0.2) is 9.55 Å². The Morgan fingerprint density at radius 3 is 2.00 bits per heavy atom. The van der Waals surface area contributed by atoms with Crippen LogP contribution in [0.25, 0.3) is 5.69 Å². The molecule has 1 heterocycles. The van der Waals surface area contributed by atoms with Crippen LogP contribution in [0.5, 0.6) is 0 Å². The zero-order valence-electron chi connectivity index (χ0n) is 11.1. The van der Waals surface area contributed by atoms with Gasteiger partial charge in [-0.3, -0.25) is 0 Å². The first-order valence-corrected chi connectivity index (χ1v) is 6.28. The number of benzene rings is 1. The van der Waals surface area contributed by atoms with Gasteiger partial charge in [0.15, 0.2) is 0 Å². The van der Waals surface area contributed by atoms with Crippen LogP contribution in [0.1, 0.15) is 50.7 Å². The summed E-state index contributed by atoms with van der Waals surface area (Å²) in [6, 6.07) is 6.62. The summed E-state index contributed by atoms with van der Waals surface area (Å²) in [6.45, 7) is 8.98. The number of hydrogen-bond donors (Lipinski definition) is 1. The predicted octanol–water partition coefficient (Wildman–Crippen LogP) is 3.54. The van der Waals surface area contributed by atoms with E-state index in [-0.39, 0.29) is 0 Å². The third kappa shape index (κ3) is 2.26. The number of H-pyrrole nitrogens is 1. The molecule has 2 rings (SSSR count). The molecule has 0 aliphatic heterocycles. The third-order valence-electron chi connectivity index (χ3n) is 3.15. The number of hydrogen-bond acceptors (Lipinski definition) is 0. The number of nitrogens with one attached hydrogen (secondary N) is 1. The molecule has 90 valence electrons. The molecule has 0 aliphatic carbocycles. The van der Waals surface area contributed by atoms with E-state index in [9.17, 15) is 0 Å². The molecule has 17 heavy (non-hydrogen) atoms. The van der Waals surface area contributed by atoms with E-state index in [1.54, 1.807) is 0 Å². The molecule has 0 amide bonds. The van der Waals surface area contributed by atoms with Crippen LogP contribution in [0.3, 0.4) is 0 Å². The normalized spacial score (nSPS) is 11.4. The quantitative estimate of drug-likeness (QED) is 0.777. The predicted molar refractivity (Wildman–Crippen MR) is 70.5 cm³/mol. The van der Waals surface area contributed by atoms with Crippen LogP contribution >= 0.6 is 0 Å². The standard InChI is InChI=1S/C15H20N2/c1-11(2)13-6-5-7-14(12(3)4)15(13)17-9-8-16-10-17/h5-12H,1-4H3/p+1. The third-order valence-corrected chi connectivity index (χ3v) is 3.15. The zero-order chi connectivity index (χ0) is 12.4. The van der Waals surface area contributed by atoms with Gasteiger partial charge in [0, 0.05) is 11.1 Å². The highest BCUT2D eigenvalue weighted by Gasteiger charge is 2.18. The van der Waals surface area contributed by atoms with E-state index >= 15 is 0 Å². The topological polar surface area (TPSA) is 19.7 Å². The molecule has 2 heteroatoms. The van der Waals surface area contributed by atoms with Crippen molar-refractivity contribution in [3.63, 3.8) is 0 Å². The van der Waals surface area contributed by atoms with Crippen molar-refractivity contribution in [2.75, 3.05) is 0 Å². The molecule has 0 saturated heterocycles. The van der Waals surface area contributed by atoms with Crippen LogP contribution in [0.2, 0.25) is 0 Å². The first kappa shape index (κ1) is 11.9. The van der Waals surface area contributed by atoms with Crippen molar-refractivity contribution >= 4 is 0 Å². The summed E-state index contributed by atoms with van der Waals surface area (Å²) in [5.74, 6) is 1.07. The lowest BCUT2D eigenvalue weighted by atomic mass is 9.92. The number of para-hydroxylation sites is 1. The largest absolute Gasteiger partial charge is 0.250 e. The summed E-state index contributed by atoms with van der Waals surface area (Å²) in [4.78, 5) is 3.12. The number of aromatic nitrogens is 2. The van der Waals surface area contributed by atoms with Gasteiger partial charge in [0.1, 0.15) is 18.1 Å². The zero-order valence-corrected chi connectivity index (χ0v) is 11.1. The lowest BCUT2D eigenvalue weighted by Gasteiger charge is -2.16. The second kappa shape index (κ2) is 4.74. The maximum atomic E-state index is 3.12. The molecule has 2 aromatic rings. The number of nitrogens with zero attached hydrogens (tertiary/aromatic N) is 1. The first-order valence-electron chi connectivity index (χ1n) is 6.28. The van der Waals surface area contributed by atoms with Crippen LogP contribution in [-0.4, -0.2) is 4.98 Å². The second-order valence-electron chi connectivity index (χ2n) is 5.11. The Bertz CT molecular complexity index is 455. The molecule has 0 spiro atoms. The van der Waals surface area contributed by atoms with Gasteiger partial charge in [-0.05, 0) is 11.8 Å². The minimum atomic E-state index is 0.533. The fraction of sp³-hybridized carbons (Fsp3) is 0.400. The highest BCUT2D eigenvalue weighted by Crippen LogP contribution is 2.27. The molecule has 0 bridgehead atoms. The highest BCUT2D eigenvalue weighted by molar-refractivity contribution is 5.45. The Hall–Kier alpha value is -1.57. The van der Waals surface area contributed by atoms with Crippen molar-refractivity contribution in [3.05, 3.63) is 48.0 Å². The van der Waals surface area contributed by atoms with Crippen molar-refractivity contribution < 1.29 is 4.57 Å². The van der Waals surface area contributed by atoms with Crippen molar-refractivity contribution in [2.24, 2.45) is 0 Å². The fourth-order valence-electron chi connectivity index (χ4n) is 2.24. The van der Waals surface area contributed by atoms with Gasteiger partial charge in [0.2, 0.25) is 6.33 Å². The number of rotatable bonds is 3. The van der Waals surface area contributed by atoms with Crippen LogP contribution < -0.4 is 4.57 Å². The van der Waals surface area contributed by atoms with Crippen molar-refractivity contribution in [1.29, 1.82) is 0 Å². The van der Waals surface area contributed by atoms with Crippen molar-refractivity contribution in [1.82, 2.24) is 4.98 Å². The molecule has 2 nitrogen and oxygen atoms in total. The monoisotopic (exact) mass is 229 g/mol. The molecule has 0 unspecified atom stereocenters. The molecular formula is C15H21N2+. The van der Waals surface area contributed by atoms with Crippen LogP contribution in [-0.2, 0) is 0 Å². The Morgan fingerprint density at radius 2 is 1.59 bits per heavy atom. The first-order chi connectivity index (χ1) is 8.11. The van der Waals surface area contributed by atoms with E-state index < -0.39 is 0 Å². The van der Waals surface area contributed by atoms with E-state index in [0.29, 0.717) is 11.8 Å². The summed E-state index contributed by atoms with van der Waals surface area (Å²) in [5, 5.41) is 0. The molecule has 1 aromatic heterocycles. The molecule has 1 aromatic carbocycles. The van der Waals surface area contributed by atoms with Gasteiger partial charge < -0.3 is 0 Å². The molecule has 0 atom stereocenters. The SMILES string of the molecule is CC(C)c1cccc(C(C)C)c1-[n+]1cc[nH]c1. The van der Waals surface area contributed by atoms with E-state index in [1.807, 2.05) is 12.5 Å². The van der Waals surface area contributed by atoms with E-state index in [0.717, 1.165) is 0 Å². The fourth-order valence-corrected chi connectivity index (χ4v) is 2.24. The van der Waals surface area contributed by atoms with Crippen molar-refractivity contribution in [3.8, 4) is 5.69 Å². The second-order valence-corrected chi connectivity index (χ2v) is 5.11. The lowest BCUT2D eigenvalue weighted by Crippen LogP contribution is -2.31. The summed E-state index contributed by atoms with van der Waals surface area (Å²) in [5.41, 5.74) is 4.14. The van der Waals surface area contributed by atoms with Gasteiger partial charge >= 0.3 is 0 Å². The van der Waals surface area contributed by atoms with E-state index in [1.165, 1.54) is 16.8 Å². The minimum Gasteiger partial charge on any atom is -0.250 e. The van der Waals surface area contributed by atoms with Gasteiger partial charge in [0.05, 0.1) is 0 Å². The molecule has 0 radical (unpaired) electrons. The van der Waals surface area contributed by atoms with Gasteiger partial charge in [-0.15, -0.1) is 0 Å². The average molecular weight is 229 g/mol. The Morgan fingerprint density at radius 1 is 1.00 bits per heavy atom. The molecular weight excluding hydrogens is 208 g/mol. The Balaban J connectivity index is 2.67. The number of imidazole rings is 1. The molecule has 0 fully saturated rings. The Kier molecular flexibility index (Phi) is 3.32. The Labute approximate surface area is 103 Å². The molecule has 1 N–H and O–H groups in total. The van der Waals surface area contributed by atoms with Crippen molar-refractivity contribution in [2.45, 2.75) is 39.5 Å². The summed E-state index contributed by atoms with van der Waals surface area (Å²) in [6.07, 6.45) is 6.04. The maximum Gasteiger partial charge on any atom is 0.246 e. The van der Waals surface area contributed by atoms with E-state index in [4.69, 9.17) is 0 Å². The average Bonchev–Trinajstić information content (AvgIpc) is 2.80. The van der Waals surface area contributed by atoms with Crippen LogP contribution in [0.15, 0.2) is 36.9 Å². The summed E-state index contributed by atoms with van der Waals surface area (Å²) >= 11 is 0. The van der Waals surface area contributed by atoms with Crippen LogP contribution in [0.4, 0.5) is 0 Å².